The van der Waals surface area contributed by atoms with Crippen LogP contribution >= 0.6 is 0 Å². The van der Waals surface area contributed by atoms with Crippen LogP contribution in [-0.2, 0) is 33.9 Å². The molecular weight excluding hydrogens is 920 g/mol. The summed E-state index contributed by atoms with van der Waals surface area (Å²) in [6, 6.07) is 6.34. The number of carboxylic acid groups (broad SMARTS) is 1. The molecule has 1 fully saturated rings. The van der Waals surface area contributed by atoms with Crippen molar-refractivity contribution >= 4 is 58.8 Å². The molecule has 22 heteroatoms. The number of amides is 6. The van der Waals surface area contributed by atoms with E-state index in [1.807, 2.05) is 13.0 Å². The second-order valence-electron chi connectivity index (χ2n) is 20.0. The highest BCUT2D eigenvalue weighted by atomic mass is 19.4. The van der Waals surface area contributed by atoms with Gasteiger partial charge in [-0.25, -0.2) is 43.7 Å². The number of alkyl halides is 3. The van der Waals surface area contributed by atoms with E-state index in [4.69, 9.17) is 23.9 Å². The average Bonchev–Trinajstić information content (AvgIpc) is 3.59. The number of ether oxygens (including phenoxy) is 4. The molecule has 0 bridgehead atoms. The van der Waals surface area contributed by atoms with Crippen LogP contribution in [0.25, 0.3) is 22.2 Å². The SMILES string of the molecule is CCc1cc(-c2cc(NC(=O)Nc3ccc(OCCCN(C)C(=O)OC(C)(C)C)c(C(F)(F)F)c3)nn2C)cc2cnc(N(C(=O)O)C3CCC(N(C(=O)OC(C)(C)C)C(=O)OC(C)(C)C)CC3)nc12. The van der Waals surface area contributed by atoms with Crippen molar-refractivity contribution in [3.8, 4) is 17.0 Å². The molecule has 1 aliphatic carbocycles. The molecule has 2 heterocycles. The summed E-state index contributed by atoms with van der Waals surface area (Å²) in [4.78, 5) is 77.3. The van der Waals surface area contributed by atoms with E-state index in [0.29, 0.717) is 28.6 Å². The van der Waals surface area contributed by atoms with E-state index in [-0.39, 0.29) is 62.7 Å². The Morgan fingerprint density at radius 3 is 1.96 bits per heavy atom. The maximum Gasteiger partial charge on any atom is 0.420 e. The molecule has 0 atom stereocenters. The van der Waals surface area contributed by atoms with Gasteiger partial charge in [0.2, 0.25) is 5.95 Å². The quantitative estimate of drug-likeness (QED) is 0.0889. The number of anilines is 3. The molecule has 2 aromatic carbocycles. The van der Waals surface area contributed by atoms with Crippen LogP contribution in [0.4, 0.5) is 54.6 Å². The van der Waals surface area contributed by atoms with Crippen molar-refractivity contribution < 1.29 is 61.2 Å². The summed E-state index contributed by atoms with van der Waals surface area (Å²) < 4.78 is 65.7. The van der Waals surface area contributed by atoms with Gasteiger partial charge >= 0.3 is 36.6 Å². The lowest BCUT2D eigenvalue weighted by Gasteiger charge is -2.38. The van der Waals surface area contributed by atoms with Crippen LogP contribution in [0.15, 0.2) is 42.6 Å². The average molecular weight is 984 g/mol. The maximum atomic E-state index is 14.1. The van der Waals surface area contributed by atoms with E-state index in [0.717, 1.165) is 27.5 Å². The highest BCUT2D eigenvalue weighted by molar-refractivity contribution is 6.00. The van der Waals surface area contributed by atoms with E-state index in [2.05, 4.69) is 20.7 Å². The van der Waals surface area contributed by atoms with E-state index >= 15 is 0 Å². The molecule has 1 saturated carbocycles. The summed E-state index contributed by atoms with van der Waals surface area (Å²) in [6.07, 6.45) is -5.00. The van der Waals surface area contributed by atoms with Crippen LogP contribution in [0.5, 0.6) is 5.75 Å². The standard InChI is InChI=1S/C48H64F3N9O10/c1-13-28-23-29(24-30-27-52-39(55-38(28)30)59(41(62)63)32-16-18-33(19-17-32)60(43(65)69-46(5,6)7)44(66)70-47(8,9)10)35-26-37(56-58(35)12)54-40(61)53-31-15-20-36(34(25-31)48(49,50)51)67-22-14-21-57(11)42(64)68-45(2,3)4/h15,20,23-27,32-33H,13-14,16-19,21-22H2,1-12H3,(H,62,63)(H2,53,54,56,61). The number of rotatable bonds is 12. The number of halogens is 3. The number of fused-ring (bicyclic) bond motifs is 1. The Balaban J connectivity index is 1.27. The second kappa shape index (κ2) is 21.4. The lowest BCUT2D eigenvalue weighted by Crippen LogP contribution is -2.52. The first-order chi connectivity index (χ1) is 32.4. The van der Waals surface area contributed by atoms with E-state index in [1.165, 1.54) is 28.9 Å². The number of carbonyl (C=O) groups is 5. The molecule has 5 rings (SSSR count). The minimum absolute atomic E-state index is 0.0373. The molecule has 6 amide bonds. The third-order valence-electron chi connectivity index (χ3n) is 10.7. The van der Waals surface area contributed by atoms with Gasteiger partial charge in [0.15, 0.2) is 5.82 Å². The first-order valence-electron chi connectivity index (χ1n) is 22.9. The van der Waals surface area contributed by atoms with Crippen molar-refractivity contribution in [2.45, 2.75) is 143 Å². The summed E-state index contributed by atoms with van der Waals surface area (Å²) in [7, 11) is 3.17. The van der Waals surface area contributed by atoms with Crippen molar-refractivity contribution in [1.82, 2.24) is 29.5 Å². The third-order valence-corrected chi connectivity index (χ3v) is 10.7. The van der Waals surface area contributed by atoms with Gasteiger partial charge in [-0.3, -0.25) is 10.00 Å². The Labute approximate surface area is 405 Å². The Kier molecular flexibility index (Phi) is 16.5. The van der Waals surface area contributed by atoms with Crippen LogP contribution in [0.2, 0.25) is 0 Å². The Bertz CT molecular complexity index is 2530. The van der Waals surface area contributed by atoms with Crippen molar-refractivity contribution in [2.24, 2.45) is 7.05 Å². The number of imide groups is 1. The number of carbonyl (C=O) groups excluding carboxylic acids is 4. The molecule has 0 spiro atoms. The van der Waals surface area contributed by atoms with Crippen LogP contribution < -0.4 is 20.3 Å². The van der Waals surface area contributed by atoms with E-state index in [1.54, 1.807) is 81.5 Å². The topological polar surface area (TPSA) is 220 Å². The van der Waals surface area contributed by atoms with Gasteiger partial charge in [0.1, 0.15) is 22.6 Å². The number of aromatic nitrogens is 4. The molecule has 1 aliphatic rings. The molecular formula is C48H64F3N9O10. The third kappa shape index (κ3) is 14.6. The lowest BCUT2D eigenvalue weighted by molar-refractivity contribution is -0.138. The highest BCUT2D eigenvalue weighted by Gasteiger charge is 2.41. The highest BCUT2D eigenvalue weighted by Crippen LogP contribution is 2.39. The molecule has 0 saturated heterocycles. The Morgan fingerprint density at radius 2 is 1.40 bits per heavy atom. The van der Waals surface area contributed by atoms with Crippen LogP contribution in [-0.4, -0.2) is 114 Å². The van der Waals surface area contributed by atoms with Crippen molar-refractivity contribution in [3.63, 3.8) is 0 Å². The summed E-state index contributed by atoms with van der Waals surface area (Å²) in [6.45, 7) is 17.3. The maximum absolute atomic E-state index is 14.1. The van der Waals surface area contributed by atoms with Gasteiger partial charge in [-0.1, -0.05) is 6.92 Å². The van der Waals surface area contributed by atoms with Gasteiger partial charge in [0, 0.05) is 61.6 Å². The molecule has 2 aromatic heterocycles. The number of nitrogens with zero attached hydrogens (tertiary/aromatic N) is 7. The summed E-state index contributed by atoms with van der Waals surface area (Å²) in [5.41, 5.74) is -1.23. The molecule has 0 radical (unpaired) electrons. The molecule has 70 heavy (non-hydrogen) atoms. The van der Waals surface area contributed by atoms with Gasteiger partial charge in [-0.15, -0.1) is 0 Å². The van der Waals surface area contributed by atoms with E-state index < -0.39 is 76.8 Å². The fourth-order valence-corrected chi connectivity index (χ4v) is 7.67. The Hall–Kier alpha value is -6.87. The number of hydrogen-bond donors (Lipinski definition) is 3. The first-order valence-corrected chi connectivity index (χ1v) is 22.9. The lowest BCUT2D eigenvalue weighted by atomic mass is 9.89. The summed E-state index contributed by atoms with van der Waals surface area (Å²) >= 11 is 0. The minimum atomic E-state index is -4.81. The van der Waals surface area contributed by atoms with Gasteiger partial charge in [-0.05, 0) is 137 Å². The number of benzene rings is 2. The normalized spacial score (nSPS) is 15.4. The predicted molar refractivity (Wildman–Crippen MR) is 255 cm³/mol. The Morgan fingerprint density at radius 1 is 0.814 bits per heavy atom. The largest absolute Gasteiger partial charge is 0.493 e. The van der Waals surface area contributed by atoms with Crippen molar-refractivity contribution in [2.75, 3.05) is 35.7 Å². The van der Waals surface area contributed by atoms with Crippen LogP contribution in [0.1, 0.15) is 112 Å². The number of hydrogen-bond acceptors (Lipinski definition) is 12. The molecule has 0 aliphatic heterocycles. The molecule has 0 unspecified atom stereocenters. The summed E-state index contributed by atoms with van der Waals surface area (Å²) in [5.74, 6) is -0.385. The van der Waals surface area contributed by atoms with E-state index in [9.17, 15) is 42.3 Å². The summed E-state index contributed by atoms with van der Waals surface area (Å²) in [5, 5.41) is 20.4. The number of aryl methyl sites for hydroxylation is 2. The fraction of sp³-hybridized carbons (Fsp3) is 0.542. The smallest absolute Gasteiger partial charge is 0.420 e. The van der Waals surface area contributed by atoms with Crippen LogP contribution in [0, 0.1) is 0 Å². The van der Waals surface area contributed by atoms with Crippen molar-refractivity contribution in [1.29, 1.82) is 0 Å². The molecule has 19 nitrogen and oxygen atoms in total. The van der Waals surface area contributed by atoms with Crippen molar-refractivity contribution in [3.05, 3.63) is 53.7 Å². The monoisotopic (exact) mass is 983 g/mol. The van der Waals surface area contributed by atoms with Gasteiger partial charge in [0.05, 0.1) is 23.4 Å². The molecule has 382 valence electrons. The van der Waals surface area contributed by atoms with Gasteiger partial charge < -0.3 is 34.3 Å². The molecule has 3 N–H and O–H groups in total. The van der Waals surface area contributed by atoms with Gasteiger partial charge in [0.25, 0.3) is 0 Å². The molecule has 4 aromatic rings. The minimum Gasteiger partial charge on any atom is -0.493 e. The number of nitrogens with one attached hydrogen (secondary N) is 2. The van der Waals surface area contributed by atoms with Crippen LogP contribution in [0.3, 0.4) is 0 Å². The number of urea groups is 1. The first kappa shape index (κ1) is 54.1. The second-order valence-corrected chi connectivity index (χ2v) is 20.0. The zero-order chi connectivity index (χ0) is 52.1. The zero-order valence-electron chi connectivity index (χ0n) is 41.7. The predicted octanol–water partition coefficient (Wildman–Crippen LogP) is 10.9. The fourth-order valence-electron chi connectivity index (χ4n) is 7.67. The zero-order valence-corrected chi connectivity index (χ0v) is 41.7. The van der Waals surface area contributed by atoms with Gasteiger partial charge in [-0.2, -0.15) is 18.3 Å².